The largest absolute Gasteiger partial charge is 0.454 e. The molecule has 22 heavy (non-hydrogen) atoms. The van der Waals surface area contributed by atoms with Gasteiger partial charge in [-0.1, -0.05) is 6.07 Å². The van der Waals surface area contributed by atoms with Crippen molar-refractivity contribution in [2.75, 3.05) is 6.79 Å². The molecule has 0 amide bonds. The van der Waals surface area contributed by atoms with Crippen LogP contribution < -0.4 is 20.9 Å². The van der Waals surface area contributed by atoms with E-state index in [-0.39, 0.29) is 5.96 Å². The Morgan fingerprint density at radius 3 is 2.64 bits per heavy atom. The zero-order valence-corrected chi connectivity index (χ0v) is 11.9. The van der Waals surface area contributed by atoms with Gasteiger partial charge in [0.1, 0.15) is 0 Å². The van der Waals surface area contributed by atoms with Crippen LogP contribution in [0.4, 0.5) is 0 Å². The van der Waals surface area contributed by atoms with Crippen LogP contribution in [0.3, 0.4) is 0 Å². The molecule has 1 aliphatic heterocycles. The fraction of sp³-hybridized carbons (Fsp3) is 0.333. The van der Waals surface area contributed by atoms with Gasteiger partial charge in [-0.2, -0.15) is 5.10 Å². The minimum absolute atomic E-state index is 0.0302. The number of nitrogens with two attached hydrogens (primary N) is 2. The van der Waals surface area contributed by atoms with Crippen LogP contribution in [0, 0.1) is 10.1 Å². The maximum Gasteiger partial charge on any atom is 0.291 e. The summed E-state index contributed by atoms with van der Waals surface area (Å²) in [4.78, 5) is 8.36. The Hall–Kier alpha value is -3.04. The van der Waals surface area contributed by atoms with Gasteiger partial charge in [0.15, 0.2) is 11.5 Å². The number of aryl methyl sites for hydroxylation is 1. The Morgan fingerprint density at radius 1 is 1.36 bits per heavy atom. The number of hydrogen-bond donors (Lipinski definition) is 3. The monoisotopic (exact) mass is 311 g/mol. The summed E-state index contributed by atoms with van der Waals surface area (Å²) in [7, 11) is 0. The highest BCUT2D eigenvalue weighted by Gasteiger charge is 2.12. The molecule has 10 nitrogen and oxygen atoms in total. The fourth-order valence-electron chi connectivity index (χ4n) is 1.61. The average molecular weight is 311 g/mol. The number of fused-ring (bicyclic) bond motifs is 1. The Labute approximate surface area is 126 Å². The number of rotatable bonds is 4. The Morgan fingerprint density at radius 2 is 2.00 bits per heavy atom. The summed E-state index contributed by atoms with van der Waals surface area (Å²) in [5.74, 6) is 1.56. The third-order valence-electron chi connectivity index (χ3n) is 2.55. The van der Waals surface area contributed by atoms with Crippen LogP contribution in [0.1, 0.15) is 18.9 Å². The van der Waals surface area contributed by atoms with Crippen molar-refractivity contribution in [2.24, 2.45) is 21.7 Å². The Bertz CT molecular complexity index is 579. The van der Waals surface area contributed by atoms with Crippen LogP contribution in [0.2, 0.25) is 0 Å². The lowest BCUT2D eigenvalue weighted by atomic mass is 10.1. The third kappa shape index (κ3) is 6.41. The first-order chi connectivity index (χ1) is 10.4. The predicted molar refractivity (Wildman–Crippen MR) is 78.6 cm³/mol. The van der Waals surface area contributed by atoms with E-state index in [0.29, 0.717) is 6.79 Å². The van der Waals surface area contributed by atoms with E-state index in [1.54, 1.807) is 0 Å². The van der Waals surface area contributed by atoms with Crippen molar-refractivity contribution in [3.05, 3.63) is 33.9 Å². The minimum atomic E-state index is -1.50. The second-order valence-electron chi connectivity index (χ2n) is 4.29. The standard InChI is InChI=1S/C12H16N4O2.HNO3/c1-8(15-16-12(13)14)2-3-9-4-5-10-11(6-9)18-7-17-10;2-1(3)4/h4-6H,2-3,7H2,1H3,(H4,13,14,16);(H,2,3,4). The number of nitrogens with zero attached hydrogens (tertiary/aromatic N) is 3. The summed E-state index contributed by atoms with van der Waals surface area (Å²) >= 11 is 0. The van der Waals surface area contributed by atoms with Gasteiger partial charge in [0.25, 0.3) is 5.09 Å². The summed E-state index contributed by atoms with van der Waals surface area (Å²) in [6, 6.07) is 5.91. The first-order valence-electron chi connectivity index (χ1n) is 6.22. The van der Waals surface area contributed by atoms with Crippen molar-refractivity contribution in [1.82, 2.24) is 0 Å². The molecule has 1 aromatic carbocycles. The summed E-state index contributed by atoms with van der Waals surface area (Å²) < 4.78 is 10.6. The first-order valence-corrected chi connectivity index (χ1v) is 6.22. The van der Waals surface area contributed by atoms with Gasteiger partial charge in [-0.15, -0.1) is 15.2 Å². The van der Waals surface area contributed by atoms with Gasteiger partial charge < -0.3 is 26.1 Å². The lowest BCUT2D eigenvalue weighted by Crippen LogP contribution is -2.22. The molecule has 120 valence electrons. The Kier molecular flexibility index (Phi) is 6.41. The first kappa shape index (κ1) is 17.0. The van der Waals surface area contributed by atoms with E-state index >= 15 is 0 Å². The van der Waals surface area contributed by atoms with Crippen molar-refractivity contribution in [3.63, 3.8) is 0 Å². The molecule has 0 spiro atoms. The van der Waals surface area contributed by atoms with Crippen LogP contribution in [0.5, 0.6) is 11.5 Å². The number of hydrogen-bond acceptors (Lipinski definition) is 6. The van der Waals surface area contributed by atoms with Gasteiger partial charge in [0.2, 0.25) is 12.8 Å². The molecule has 0 aliphatic carbocycles. The fourth-order valence-corrected chi connectivity index (χ4v) is 1.61. The maximum absolute atomic E-state index is 8.36. The average Bonchev–Trinajstić information content (AvgIpc) is 2.89. The maximum atomic E-state index is 8.36. The molecule has 10 heteroatoms. The zero-order chi connectivity index (χ0) is 16.5. The summed E-state index contributed by atoms with van der Waals surface area (Å²) in [6.07, 6.45) is 1.64. The minimum Gasteiger partial charge on any atom is -0.454 e. The number of ether oxygens (including phenoxy) is 2. The summed E-state index contributed by atoms with van der Waals surface area (Å²) in [5, 5.41) is 21.2. The number of benzene rings is 1. The van der Waals surface area contributed by atoms with Crippen molar-refractivity contribution >= 4 is 11.7 Å². The quantitative estimate of drug-likeness (QED) is 0.318. The van der Waals surface area contributed by atoms with Gasteiger partial charge in [0.05, 0.1) is 0 Å². The van der Waals surface area contributed by atoms with Crippen molar-refractivity contribution in [2.45, 2.75) is 19.8 Å². The highest BCUT2D eigenvalue weighted by Crippen LogP contribution is 2.32. The molecule has 2 rings (SSSR count). The predicted octanol–water partition coefficient (Wildman–Crippen LogP) is 0.650. The summed E-state index contributed by atoms with van der Waals surface area (Å²) in [5.41, 5.74) is 12.4. The molecule has 0 unspecified atom stereocenters. The van der Waals surface area contributed by atoms with Gasteiger partial charge in [-0.25, -0.2) is 0 Å². The molecule has 0 radical (unpaired) electrons. The highest BCUT2D eigenvalue weighted by atomic mass is 16.9. The van der Waals surface area contributed by atoms with Gasteiger partial charge in [-0.3, -0.25) is 0 Å². The van der Waals surface area contributed by atoms with Crippen LogP contribution >= 0.6 is 0 Å². The topological polar surface area (TPSA) is 159 Å². The molecule has 1 heterocycles. The van der Waals surface area contributed by atoms with E-state index in [9.17, 15) is 0 Å². The van der Waals surface area contributed by atoms with Crippen molar-refractivity contribution in [3.8, 4) is 11.5 Å². The van der Waals surface area contributed by atoms with Crippen LogP contribution in [-0.4, -0.2) is 28.8 Å². The molecule has 0 atom stereocenters. The van der Waals surface area contributed by atoms with E-state index in [1.165, 1.54) is 5.56 Å². The SMILES string of the molecule is CC(CCc1ccc2c(c1)OCO2)=NN=C(N)N.O=[N+]([O-])O. The molecule has 5 N–H and O–H groups in total. The molecule has 0 saturated carbocycles. The van der Waals surface area contributed by atoms with Crippen molar-refractivity contribution in [1.29, 1.82) is 0 Å². The lowest BCUT2D eigenvalue weighted by Gasteiger charge is -2.02. The summed E-state index contributed by atoms with van der Waals surface area (Å²) in [6.45, 7) is 2.18. The Balaban J connectivity index is 0.000000541. The molecule has 1 aliphatic rings. The van der Waals surface area contributed by atoms with Gasteiger partial charge in [-0.05, 0) is 37.5 Å². The second-order valence-corrected chi connectivity index (χ2v) is 4.29. The van der Waals surface area contributed by atoms with Crippen LogP contribution in [0.25, 0.3) is 0 Å². The molecule has 0 fully saturated rings. The lowest BCUT2D eigenvalue weighted by molar-refractivity contribution is -0.742. The van der Waals surface area contributed by atoms with Crippen LogP contribution in [-0.2, 0) is 6.42 Å². The van der Waals surface area contributed by atoms with E-state index in [2.05, 4.69) is 10.2 Å². The third-order valence-corrected chi connectivity index (χ3v) is 2.55. The van der Waals surface area contributed by atoms with Gasteiger partial charge >= 0.3 is 0 Å². The molecule has 0 saturated heterocycles. The normalized spacial score (nSPS) is 12.1. The van der Waals surface area contributed by atoms with Crippen molar-refractivity contribution < 1.29 is 19.8 Å². The highest BCUT2D eigenvalue weighted by molar-refractivity contribution is 5.83. The zero-order valence-electron chi connectivity index (χ0n) is 11.9. The molecule has 1 aromatic rings. The molecular formula is C12H17N5O5. The van der Waals surface area contributed by atoms with Gasteiger partial charge in [0, 0.05) is 5.71 Å². The van der Waals surface area contributed by atoms with E-state index in [0.717, 1.165) is 30.1 Å². The van der Waals surface area contributed by atoms with E-state index < -0.39 is 5.09 Å². The smallest absolute Gasteiger partial charge is 0.291 e. The van der Waals surface area contributed by atoms with E-state index in [4.69, 9.17) is 36.3 Å². The number of guanidine groups is 1. The molecule has 0 aromatic heterocycles. The molecule has 0 bridgehead atoms. The van der Waals surface area contributed by atoms with Crippen LogP contribution in [0.15, 0.2) is 28.4 Å². The molecular weight excluding hydrogens is 294 g/mol. The second kappa shape index (κ2) is 8.29. The van der Waals surface area contributed by atoms with E-state index in [1.807, 2.05) is 25.1 Å².